The molecule has 1 N–H and O–H groups in total. The Balaban J connectivity index is 1.88. The van der Waals surface area contributed by atoms with Gasteiger partial charge in [-0.1, -0.05) is 17.7 Å². The van der Waals surface area contributed by atoms with Crippen molar-refractivity contribution >= 4 is 35.2 Å². The van der Waals surface area contributed by atoms with E-state index in [1.54, 1.807) is 49.4 Å². The maximum atomic E-state index is 12.6. The summed E-state index contributed by atoms with van der Waals surface area (Å²) in [7, 11) is 0. The standard InChI is InChI=1S/C25H22ClN3O3/c1-4-32-25(31)18-8-10-23(11-9-18)29-16(2)12-19(17(29)3)13-20(15-27)24(30)28-22-7-5-6-21(26)14-22/h5-14H,4H2,1-3H3,(H,28,30). The fraction of sp³-hybridized carbons (Fsp3) is 0.160. The molecular formula is C25H22ClN3O3. The molecule has 0 spiro atoms. The van der Waals surface area contributed by atoms with Crippen LogP contribution in [0.15, 0.2) is 60.2 Å². The van der Waals surface area contributed by atoms with Crippen molar-refractivity contribution < 1.29 is 14.3 Å². The van der Waals surface area contributed by atoms with E-state index in [0.717, 1.165) is 22.6 Å². The minimum Gasteiger partial charge on any atom is -0.462 e. The molecule has 0 fully saturated rings. The number of hydrogen-bond donors (Lipinski definition) is 1. The van der Waals surface area contributed by atoms with Gasteiger partial charge in [-0.15, -0.1) is 0 Å². The van der Waals surface area contributed by atoms with Crippen molar-refractivity contribution in [3.8, 4) is 11.8 Å². The normalized spacial score (nSPS) is 11.0. The van der Waals surface area contributed by atoms with Crippen LogP contribution in [0.25, 0.3) is 11.8 Å². The van der Waals surface area contributed by atoms with Gasteiger partial charge >= 0.3 is 5.97 Å². The Morgan fingerprint density at radius 3 is 2.50 bits per heavy atom. The average Bonchev–Trinajstić information content (AvgIpc) is 3.05. The summed E-state index contributed by atoms with van der Waals surface area (Å²) >= 11 is 5.95. The molecule has 0 aliphatic rings. The van der Waals surface area contributed by atoms with Gasteiger partial charge in [-0.2, -0.15) is 5.26 Å². The summed E-state index contributed by atoms with van der Waals surface area (Å²) in [6, 6.07) is 17.7. The van der Waals surface area contributed by atoms with Gasteiger partial charge in [0.2, 0.25) is 0 Å². The second kappa shape index (κ2) is 9.99. The van der Waals surface area contributed by atoms with Gasteiger partial charge in [-0.3, -0.25) is 4.79 Å². The lowest BCUT2D eigenvalue weighted by atomic mass is 10.1. The van der Waals surface area contributed by atoms with E-state index in [9.17, 15) is 14.9 Å². The first-order valence-electron chi connectivity index (χ1n) is 9.99. The van der Waals surface area contributed by atoms with E-state index in [4.69, 9.17) is 16.3 Å². The molecule has 2 aromatic carbocycles. The third-order valence-electron chi connectivity index (χ3n) is 4.85. The van der Waals surface area contributed by atoms with Gasteiger partial charge in [0.1, 0.15) is 11.6 Å². The number of carbonyl (C=O) groups excluding carboxylic acids is 2. The highest BCUT2D eigenvalue weighted by molar-refractivity contribution is 6.31. The molecule has 0 unspecified atom stereocenters. The zero-order valence-electron chi connectivity index (χ0n) is 18.0. The van der Waals surface area contributed by atoms with Crippen LogP contribution in [0.2, 0.25) is 5.02 Å². The lowest BCUT2D eigenvalue weighted by Gasteiger charge is -2.10. The summed E-state index contributed by atoms with van der Waals surface area (Å²) in [6.45, 7) is 5.92. The van der Waals surface area contributed by atoms with Crippen LogP contribution in [0.4, 0.5) is 5.69 Å². The highest BCUT2D eigenvalue weighted by atomic mass is 35.5. The zero-order chi connectivity index (χ0) is 23.3. The van der Waals surface area contributed by atoms with Crippen LogP contribution in [0.5, 0.6) is 0 Å². The number of amides is 1. The van der Waals surface area contributed by atoms with E-state index < -0.39 is 5.91 Å². The highest BCUT2D eigenvalue weighted by Gasteiger charge is 2.15. The van der Waals surface area contributed by atoms with Crippen molar-refractivity contribution in [1.29, 1.82) is 5.26 Å². The number of carbonyl (C=O) groups is 2. The number of benzene rings is 2. The topological polar surface area (TPSA) is 84.1 Å². The molecule has 1 heterocycles. The van der Waals surface area contributed by atoms with Gasteiger partial charge in [0.05, 0.1) is 12.2 Å². The molecule has 0 radical (unpaired) electrons. The molecular weight excluding hydrogens is 426 g/mol. The molecule has 0 aliphatic carbocycles. The van der Waals surface area contributed by atoms with Gasteiger partial charge in [-0.05, 0) is 80.9 Å². The molecule has 3 aromatic rings. The van der Waals surface area contributed by atoms with Crippen molar-refractivity contribution in [3.05, 3.63) is 87.7 Å². The fourth-order valence-electron chi connectivity index (χ4n) is 3.36. The monoisotopic (exact) mass is 447 g/mol. The lowest BCUT2D eigenvalue weighted by molar-refractivity contribution is -0.112. The Bertz CT molecular complexity index is 1230. The second-order valence-corrected chi connectivity index (χ2v) is 7.50. The fourth-order valence-corrected chi connectivity index (χ4v) is 3.55. The molecule has 3 rings (SSSR count). The number of nitrogens with zero attached hydrogens (tertiary/aromatic N) is 2. The number of anilines is 1. The zero-order valence-corrected chi connectivity index (χ0v) is 18.7. The van der Waals surface area contributed by atoms with Crippen molar-refractivity contribution in [3.63, 3.8) is 0 Å². The third-order valence-corrected chi connectivity index (χ3v) is 5.09. The summed E-state index contributed by atoms with van der Waals surface area (Å²) in [5.74, 6) is -0.883. The molecule has 0 saturated carbocycles. The summed E-state index contributed by atoms with van der Waals surface area (Å²) in [5.41, 5.74) is 4.34. The third kappa shape index (κ3) is 5.08. The molecule has 0 bridgehead atoms. The van der Waals surface area contributed by atoms with E-state index >= 15 is 0 Å². The van der Waals surface area contributed by atoms with Gasteiger partial charge in [-0.25, -0.2) is 4.79 Å². The van der Waals surface area contributed by atoms with Crippen LogP contribution in [0.1, 0.15) is 34.2 Å². The van der Waals surface area contributed by atoms with Crippen LogP contribution in [0, 0.1) is 25.2 Å². The molecule has 0 atom stereocenters. The molecule has 1 amide bonds. The Morgan fingerprint density at radius 1 is 1.16 bits per heavy atom. The number of halogens is 1. The van der Waals surface area contributed by atoms with Crippen molar-refractivity contribution in [2.24, 2.45) is 0 Å². The van der Waals surface area contributed by atoms with Crippen LogP contribution >= 0.6 is 11.6 Å². The van der Waals surface area contributed by atoms with Gasteiger partial charge in [0, 0.05) is 27.8 Å². The number of aryl methyl sites for hydroxylation is 1. The minimum absolute atomic E-state index is 0.0251. The first kappa shape index (κ1) is 22.9. The first-order valence-corrected chi connectivity index (χ1v) is 10.4. The summed E-state index contributed by atoms with van der Waals surface area (Å²) in [4.78, 5) is 24.5. The smallest absolute Gasteiger partial charge is 0.338 e. The quantitative estimate of drug-likeness (QED) is 0.308. The van der Waals surface area contributed by atoms with E-state index in [1.807, 2.05) is 42.7 Å². The van der Waals surface area contributed by atoms with Crippen LogP contribution < -0.4 is 5.32 Å². The van der Waals surface area contributed by atoms with E-state index in [2.05, 4.69) is 5.32 Å². The number of aromatic nitrogens is 1. The van der Waals surface area contributed by atoms with Gasteiger partial charge in [0.25, 0.3) is 5.91 Å². The molecule has 32 heavy (non-hydrogen) atoms. The van der Waals surface area contributed by atoms with E-state index in [0.29, 0.717) is 22.9 Å². The minimum atomic E-state index is -0.515. The Hall–Kier alpha value is -3.82. The highest BCUT2D eigenvalue weighted by Crippen LogP contribution is 2.24. The second-order valence-electron chi connectivity index (χ2n) is 7.06. The largest absolute Gasteiger partial charge is 0.462 e. The van der Waals surface area contributed by atoms with Crippen molar-refractivity contribution in [2.45, 2.75) is 20.8 Å². The molecule has 7 heteroatoms. The molecule has 6 nitrogen and oxygen atoms in total. The molecule has 0 saturated heterocycles. The molecule has 0 aliphatic heterocycles. The first-order chi connectivity index (χ1) is 15.3. The van der Waals surface area contributed by atoms with Crippen LogP contribution in [0.3, 0.4) is 0 Å². The summed E-state index contributed by atoms with van der Waals surface area (Å²) in [5, 5.41) is 12.7. The van der Waals surface area contributed by atoms with Crippen LogP contribution in [-0.2, 0) is 9.53 Å². The predicted molar refractivity (Wildman–Crippen MR) is 125 cm³/mol. The number of nitrogens with one attached hydrogen (secondary N) is 1. The van der Waals surface area contributed by atoms with Crippen molar-refractivity contribution in [2.75, 3.05) is 11.9 Å². The SMILES string of the molecule is CCOC(=O)c1ccc(-n2c(C)cc(C=C(C#N)C(=O)Nc3cccc(Cl)c3)c2C)cc1. The molecule has 1 aromatic heterocycles. The molecule has 162 valence electrons. The van der Waals surface area contributed by atoms with Gasteiger partial charge < -0.3 is 14.6 Å². The van der Waals surface area contributed by atoms with Crippen LogP contribution in [-0.4, -0.2) is 23.1 Å². The number of esters is 1. The van der Waals surface area contributed by atoms with E-state index in [1.165, 1.54) is 0 Å². The Labute approximate surface area is 191 Å². The number of rotatable bonds is 6. The van der Waals surface area contributed by atoms with Crippen molar-refractivity contribution in [1.82, 2.24) is 4.57 Å². The predicted octanol–water partition coefficient (Wildman–Crippen LogP) is 5.47. The van der Waals surface area contributed by atoms with Gasteiger partial charge in [0.15, 0.2) is 0 Å². The number of hydrogen-bond acceptors (Lipinski definition) is 4. The summed E-state index contributed by atoms with van der Waals surface area (Å²) < 4.78 is 7.01. The summed E-state index contributed by atoms with van der Waals surface area (Å²) in [6.07, 6.45) is 1.56. The average molecular weight is 448 g/mol. The lowest BCUT2D eigenvalue weighted by Crippen LogP contribution is -2.13. The number of ether oxygens (including phenoxy) is 1. The Kier molecular flexibility index (Phi) is 7.14. The number of nitriles is 1. The Morgan fingerprint density at radius 2 is 1.88 bits per heavy atom. The van der Waals surface area contributed by atoms with E-state index in [-0.39, 0.29) is 11.5 Å². The maximum Gasteiger partial charge on any atom is 0.338 e. The maximum absolute atomic E-state index is 12.6.